The molecular weight excluding hydrogens is 380 g/mol. The van der Waals surface area contributed by atoms with Crippen LogP contribution in [0.25, 0.3) is 0 Å². The lowest BCUT2D eigenvalue weighted by Gasteiger charge is -2.25. The van der Waals surface area contributed by atoms with Gasteiger partial charge in [-0.1, -0.05) is 72.8 Å². The molecule has 1 N–H and O–H groups in total. The Labute approximate surface area is 175 Å². The number of carbonyl (C=O) groups excluding carboxylic acids is 1. The molecule has 0 spiro atoms. The number of amides is 2. The van der Waals surface area contributed by atoms with Crippen molar-refractivity contribution in [2.24, 2.45) is 0 Å². The number of carbonyl (C=O) groups is 1. The van der Waals surface area contributed by atoms with Crippen molar-refractivity contribution in [3.8, 4) is 5.75 Å². The van der Waals surface area contributed by atoms with Crippen LogP contribution in [0.15, 0.2) is 84.9 Å². The summed E-state index contributed by atoms with van der Waals surface area (Å²) in [7, 11) is 0. The Morgan fingerprint density at radius 1 is 0.966 bits per heavy atom. The molecule has 29 heavy (non-hydrogen) atoms. The second kappa shape index (κ2) is 9.52. The fraction of sp³-hybridized carbons (Fsp3) is 0.208. The summed E-state index contributed by atoms with van der Waals surface area (Å²) in [4.78, 5) is 14.7. The molecule has 0 unspecified atom stereocenters. The molecule has 1 heterocycles. The molecule has 148 valence electrons. The average molecular weight is 405 g/mol. The molecule has 0 aromatic heterocycles. The van der Waals surface area contributed by atoms with Crippen molar-refractivity contribution in [1.82, 2.24) is 10.2 Å². The molecule has 1 saturated heterocycles. The Morgan fingerprint density at radius 2 is 1.69 bits per heavy atom. The first kappa shape index (κ1) is 19.4. The number of thioether (sulfide) groups is 1. The molecule has 0 radical (unpaired) electrons. The van der Waals surface area contributed by atoms with Crippen molar-refractivity contribution in [1.29, 1.82) is 0 Å². The molecule has 5 heteroatoms. The number of nitrogens with one attached hydrogen (secondary N) is 1. The molecule has 0 aliphatic carbocycles. The molecule has 1 aliphatic rings. The van der Waals surface area contributed by atoms with Gasteiger partial charge >= 0.3 is 6.03 Å². The van der Waals surface area contributed by atoms with Crippen molar-refractivity contribution in [3.05, 3.63) is 102 Å². The third-order valence-electron chi connectivity index (χ3n) is 4.83. The molecule has 0 bridgehead atoms. The highest BCUT2D eigenvalue weighted by Crippen LogP contribution is 2.38. The number of nitrogens with zero attached hydrogens (tertiary/aromatic N) is 1. The van der Waals surface area contributed by atoms with Crippen LogP contribution in [-0.2, 0) is 13.2 Å². The summed E-state index contributed by atoms with van der Waals surface area (Å²) in [6.45, 7) is 1.81. The van der Waals surface area contributed by atoms with Gasteiger partial charge in [0.05, 0.1) is 0 Å². The largest absolute Gasteiger partial charge is 0.489 e. The zero-order valence-electron chi connectivity index (χ0n) is 16.2. The van der Waals surface area contributed by atoms with Crippen LogP contribution in [0.4, 0.5) is 4.79 Å². The van der Waals surface area contributed by atoms with Gasteiger partial charge in [-0.2, -0.15) is 0 Å². The molecular formula is C24H24N2O2S. The first-order valence-electron chi connectivity index (χ1n) is 9.76. The maximum atomic E-state index is 12.8. The van der Waals surface area contributed by atoms with E-state index >= 15 is 0 Å². The number of urea groups is 1. The van der Waals surface area contributed by atoms with Crippen molar-refractivity contribution in [2.75, 3.05) is 12.3 Å². The number of ether oxygens (including phenoxy) is 1. The molecule has 3 aromatic rings. The Balaban J connectivity index is 1.39. The van der Waals surface area contributed by atoms with E-state index in [1.165, 1.54) is 0 Å². The van der Waals surface area contributed by atoms with Crippen molar-refractivity contribution in [3.63, 3.8) is 0 Å². The van der Waals surface area contributed by atoms with E-state index in [1.54, 1.807) is 11.8 Å². The predicted octanol–water partition coefficient (Wildman–Crippen LogP) is 5.22. The highest BCUT2D eigenvalue weighted by Gasteiger charge is 2.30. The molecule has 1 fully saturated rings. The quantitative estimate of drug-likeness (QED) is 0.612. The fourth-order valence-corrected chi connectivity index (χ4v) is 4.57. The Bertz CT molecular complexity index is 934. The Hall–Kier alpha value is -2.92. The summed E-state index contributed by atoms with van der Waals surface area (Å²) < 4.78 is 5.97. The highest BCUT2D eigenvalue weighted by molar-refractivity contribution is 7.99. The summed E-state index contributed by atoms with van der Waals surface area (Å²) in [5, 5.41) is 3.05. The molecule has 1 atom stereocenters. The minimum absolute atomic E-state index is 0.00560. The van der Waals surface area contributed by atoms with Gasteiger partial charge in [-0.05, 0) is 28.8 Å². The maximum absolute atomic E-state index is 12.8. The summed E-state index contributed by atoms with van der Waals surface area (Å²) in [5.74, 6) is 1.75. The highest BCUT2D eigenvalue weighted by atomic mass is 32.2. The van der Waals surface area contributed by atoms with Gasteiger partial charge in [0.25, 0.3) is 0 Å². The summed E-state index contributed by atoms with van der Waals surface area (Å²) >= 11 is 1.79. The Morgan fingerprint density at radius 3 is 2.45 bits per heavy atom. The monoisotopic (exact) mass is 404 g/mol. The second-order valence-electron chi connectivity index (χ2n) is 6.91. The van der Waals surface area contributed by atoms with Crippen molar-refractivity contribution >= 4 is 17.8 Å². The lowest BCUT2D eigenvalue weighted by atomic mass is 10.2. The molecule has 2 amide bonds. The number of benzene rings is 3. The maximum Gasteiger partial charge on any atom is 0.318 e. The van der Waals surface area contributed by atoms with Gasteiger partial charge in [0.15, 0.2) is 0 Å². The first-order valence-corrected chi connectivity index (χ1v) is 10.8. The third kappa shape index (κ3) is 5.12. The SMILES string of the molecule is O=C(NCc1ccccc1)N1CCS[C@H]1c1cccc(OCc2ccccc2)c1. The van der Waals surface area contributed by atoms with Crippen LogP contribution in [-0.4, -0.2) is 23.2 Å². The zero-order chi connectivity index (χ0) is 19.9. The van der Waals surface area contributed by atoms with E-state index in [-0.39, 0.29) is 11.4 Å². The van der Waals surface area contributed by atoms with Crippen LogP contribution in [0, 0.1) is 0 Å². The van der Waals surface area contributed by atoms with E-state index in [9.17, 15) is 4.79 Å². The van der Waals surface area contributed by atoms with Crippen LogP contribution in [0.1, 0.15) is 22.1 Å². The van der Waals surface area contributed by atoms with Crippen LogP contribution in [0.3, 0.4) is 0 Å². The zero-order valence-corrected chi connectivity index (χ0v) is 17.0. The van der Waals surface area contributed by atoms with Crippen molar-refractivity contribution in [2.45, 2.75) is 18.5 Å². The molecule has 1 aliphatic heterocycles. The van der Waals surface area contributed by atoms with Crippen LogP contribution in [0.5, 0.6) is 5.75 Å². The normalized spacial score (nSPS) is 15.9. The topological polar surface area (TPSA) is 41.6 Å². The average Bonchev–Trinajstić information content (AvgIpc) is 3.28. The minimum atomic E-state index is -0.0283. The fourth-order valence-electron chi connectivity index (χ4n) is 3.33. The standard InChI is InChI=1S/C24H24N2O2S/c27-24(25-17-19-8-3-1-4-9-19)26-14-15-29-23(26)21-12-7-13-22(16-21)28-18-20-10-5-2-6-11-20/h1-13,16,23H,14-15,17-18H2,(H,25,27)/t23-/m0/s1. The van der Waals surface area contributed by atoms with E-state index in [1.807, 2.05) is 71.6 Å². The van der Waals surface area contributed by atoms with Gasteiger partial charge in [-0.15, -0.1) is 11.8 Å². The van der Waals surface area contributed by atoms with Gasteiger partial charge in [0.1, 0.15) is 17.7 Å². The van der Waals surface area contributed by atoms with Crippen LogP contribution in [0.2, 0.25) is 0 Å². The molecule has 4 rings (SSSR count). The lowest BCUT2D eigenvalue weighted by molar-refractivity contribution is 0.199. The minimum Gasteiger partial charge on any atom is -0.489 e. The molecule has 0 saturated carbocycles. The lowest BCUT2D eigenvalue weighted by Crippen LogP contribution is -2.39. The summed E-state index contributed by atoms with van der Waals surface area (Å²) in [6.07, 6.45) is 0. The van der Waals surface area contributed by atoms with E-state index in [4.69, 9.17) is 4.74 Å². The van der Waals surface area contributed by atoms with Gasteiger partial charge < -0.3 is 15.0 Å². The first-order chi connectivity index (χ1) is 14.3. The van der Waals surface area contributed by atoms with Crippen LogP contribution < -0.4 is 10.1 Å². The third-order valence-corrected chi connectivity index (χ3v) is 6.09. The smallest absolute Gasteiger partial charge is 0.318 e. The number of rotatable bonds is 6. The predicted molar refractivity (Wildman–Crippen MR) is 118 cm³/mol. The van der Waals surface area contributed by atoms with E-state index in [2.05, 4.69) is 23.5 Å². The van der Waals surface area contributed by atoms with E-state index in [0.29, 0.717) is 13.2 Å². The molecule has 3 aromatic carbocycles. The van der Waals surface area contributed by atoms with E-state index in [0.717, 1.165) is 34.7 Å². The van der Waals surface area contributed by atoms with Gasteiger partial charge in [0.2, 0.25) is 0 Å². The number of hydrogen-bond acceptors (Lipinski definition) is 3. The van der Waals surface area contributed by atoms with Crippen LogP contribution >= 0.6 is 11.8 Å². The second-order valence-corrected chi connectivity index (χ2v) is 8.10. The Kier molecular flexibility index (Phi) is 6.37. The van der Waals surface area contributed by atoms with Gasteiger partial charge in [-0.3, -0.25) is 0 Å². The van der Waals surface area contributed by atoms with Gasteiger partial charge in [-0.25, -0.2) is 4.79 Å². The summed E-state index contributed by atoms with van der Waals surface area (Å²) in [5.41, 5.74) is 3.32. The van der Waals surface area contributed by atoms with Crippen molar-refractivity contribution < 1.29 is 9.53 Å². The van der Waals surface area contributed by atoms with Gasteiger partial charge in [0, 0.05) is 18.8 Å². The molecule has 4 nitrogen and oxygen atoms in total. The van der Waals surface area contributed by atoms with E-state index < -0.39 is 0 Å². The summed E-state index contributed by atoms with van der Waals surface area (Å²) in [6, 6.07) is 28.1. The number of hydrogen-bond donors (Lipinski definition) is 1.